The van der Waals surface area contributed by atoms with Gasteiger partial charge >= 0.3 is 11.9 Å². The van der Waals surface area contributed by atoms with Crippen LogP contribution in [0.5, 0.6) is 0 Å². The molecule has 0 aromatic heterocycles. The number of cyclic esters (lactones) is 1. The van der Waals surface area contributed by atoms with Gasteiger partial charge in [0.25, 0.3) is 0 Å². The zero-order valence-electron chi connectivity index (χ0n) is 27.8. The van der Waals surface area contributed by atoms with E-state index in [1.165, 1.54) is 0 Å². The largest absolute Gasteiger partial charge is 0.481 e. The Balaban J connectivity index is 1.26. The summed E-state index contributed by atoms with van der Waals surface area (Å²) >= 11 is 0. The van der Waals surface area contributed by atoms with Crippen LogP contribution in [0, 0.1) is 5.92 Å². The molecule has 0 spiro atoms. The lowest BCUT2D eigenvalue weighted by molar-refractivity contribution is -0.363. The predicted molar refractivity (Wildman–Crippen MR) is 167 cm³/mol. The minimum Gasteiger partial charge on any atom is -0.481 e. The molecule has 3 fully saturated rings. The van der Waals surface area contributed by atoms with Gasteiger partial charge in [0.05, 0.1) is 19.3 Å². The molecule has 10 unspecified atom stereocenters. The van der Waals surface area contributed by atoms with Gasteiger partial charge in [0, 0.05) is 5.57 Å². The number of carbonyl (C=O) groups excluding carboxylic acids is 1. The molecule has 3 saturated heterocycles. The van der Waals surface area contributed by atoms with Crippen molar-refractivity contribution in [3.8, 4) is 0 Å². The Morgan fingerprint density at radius 3 is 1.81 bits per heavy atom. The number of carboxylic acid groups (broad SMARTS) is 1. The summed E-state index contributed by atoms with van der Waals surface area (Å²) in [6.45, 7) is 4.09. The second-order valence-corrected chi connectivity index (χ2v) is 13.2. The molecule has 3 aliphatic heterocycles. The monoisotopic (exact) mass is 692 g/mol. The predicted octanol–water partition coefficient (Wildman–Crippen LogP) is 0.269. The standard InChI is InChI=1S/C33H56O15/c1-18(14-12-10-8-6-4-3-5-7-9-11-13-15-20-23(30(41)42)19(2)31(43)45-20)44-33-28(40)29(25(37)22(17-35)47-33)48-32-27(39)26(38)24(36)21(16-34)46-32/h18,20-29,32-40H,2-17H2,1H3,(H,41,42)/t18-,20-,21?,22?,23+,24?,25?,26?,27?,28?,29?,32?,33?/m1/s1. The lowest BCUT2D eigenvalue weighted by Gasteiger charge is -2.46. The van der Waals surface area contributed by atoms with Gasteiger partial charge in [0.2, 0.25) is 0 Å². The van der Waals surface area contributed by atoms with Crippen molar-refractivity contribution in [2.75, 3.05) is 13.2 Å². The van der Waals surface area contributed by atoms with Crippen LogP contribution in [0.25, 0.3) is 0 Å². The van der Waals surface area contributed by atoms with E-state index in [1.54, 1.807) is 0 Å². The highest BCUT2D eigenvalue weighted by molar-refractivity contribution is 5.97. The molecule has 3 aliphatic rings. The number of hydrogen-bond donors (Lipinski definition) is 8. The molecule has 0 aliphatic carbocycles. The van der Waals surface area contributed by atoms with Crippen LogP contribution < -0.4 is 0 Å². The van der Waals surface area contributed by atoms with E-state index in [-0.39, 0.29) is 11.7 Å². The number of hydrogen-bond acceptors (Lipinski definition) is 14. The summed E-state index contributed by atoms with van der Waals surface area (Å²) in [6, 6.07) is 0. The van der Waals surface area contributed by atoms with E-state index >= 15 is 0 Å². The zero-order chi connectivity index (χ0) is 35.4. The van der Waals surface area contributed by atoms with Gasteiger partial charge in [0.1, 0.15) is 60.9 Å². The Hall–Kier alpha value is -1.76. The smallest absolute Gasteiger partial charge is 0.334 e. The Kier molecular flexibility index (Phi) is 17.1. The molecule has 0 bridgehead atoms. The van der Waals surface area contributed by atoms with Crippen molar-refractivity contribution < 1.29 is 74.1 Å². The van der Waals surface area contributed by atoms with E-state index in [2.05, 4.69) is 6.58 Å². The molecular formula is C33H56O15. The van der Waals surface area contributed by atoms with E-state index < -0.39 is 98.6 Å². The zero-order valence-corrected chi connectivity index (χ0v) is 27.8. The van der Waals surface area contributed by atoms with Crippen molar-refractivity contribution >= 4 is 11.9 Å². The summed E-state index contributed by atoms with van der Waals surface area (Å²) in [7, 11) is 0. The van der Waals surface area contributed by atoms with Crippen LogP contribution in [-0.4, -0.2) is 140 Å². The lowest BCUT2D eigenvalue weighted by atomic mass is 9.93. The highest BCUT2D eigenvalue weighted by Crippen LogP contribution is 2.32. The average molecular weight is 693 g/mol. The molecule has 0 radical (unpaired) electrons. The van der Waals surface area contributed by atoms with E-state index in [4.69, 9.17) is 23.7 Å². The molecule has 48 heavy (non-hydrogen) atoms. The quantitative estimate of drug-likeness (QED) is 0.0457. The third-order valence-electron chi connectivity index (χ3n) is 9.46. The summed E-state index contributed by atoms with van der Waals surface area (Å²) in [5.41, 5.74) is 0.0292. The number of esters is 1. The highest BCUT2D eigenvalue weighted by Gasteiger charge is 2.51. The second-order valence-electron chi connectivity index (χ2n) is 13.2. The van der Waals surface area contributed by atoms with Gasteiger partial charge in [-0.2, -0.15) is 0 Å². The first-order chi connectivity index (χ1) is 22.9. The minimum absolute atomic E-state index is 0.0292. The van der Waals surface area contributed by atoms with Gasteiger partial charge in [-0.1, -0.05) is 70.8 Å². The third kappa shape index (κ3) is 11.1. The Bertz CT molecular complexity index is 994. The first kappa shape index (κ1) is 40.7. The highest BCUT2D eigenvalue weighted by atomic mass is 16.7. The van der Waals surface area contributed by atoms with Gasteiger partial charge in [-0.05, 0) is 26.2 Å². The van der Waals surface area contributed by atoms with Gasteiger partial charge in [-0.3, -0.25) is 4.79 Å². The van der Waals surface area contributed by atoms with Gasteiger partial charge in [-0.15, -0.1) is 0 Å². The van der Waals surface area contributed by atoms with Crippen molar-refractivity contribution in [1.29, 1.82) is 0 Å². The molecule has 0 aromatic rings. The molecule has 13 atom stereocenters. The summed E-state index contributed by atoms with van der Waals surface area (Å²) < 4.78 is 27.6. The number of carboxylic acids is 1. The molecule has 0 saturated carbocycles. The number of rotatable bonds is 21. The molecule has 0 amide bonds. The fourth-order valence-electron chi connectivity index (χ4n) is 6.49. The van der Waals surface area contributed by atoms with Crippen molar-refractivity contribution in [2.45, 2.75) is 164 Å². The SMILES string of the molecule is C=C1C(=O)O[C@H](CCCCCCCCCCCCC[C@@H](C)OC2OC(CO)C(O)C(OC3OC(CO)C(O)C(O)C3O)C2O)[C@H]1C(=O)O. The first-order valence-corrected chi connectivity index (χ1v) is 17.3. The number of aliphatic carboxylic acids is 1. The summed E-state index contributed by atoms with van der Waals surface area (Å²) in [6.07, 6.45) is -3.19. The first-order valence-electron chi connectivity index (χ1n) is 17.3. The number of aliphatic hydroxyl groups is 7. The lowest BCUT2D eigenvalue weighted by Crippen LogP contribution is -2.65. The third-order valence-corrected chi connectivity index (χ3v) is 9.46. The normalized spacial score (nSPS) is 36.2. The van der Waals surface area contributed by atoms with Crippen molar-refractivity contribution in [2.24, 2.45) is 5.92 Å². The van der Waals surface area contributed by atoms with Crippen LogP contribution in [0.1, 0.15) is 90.4 Å². The van der Waals surface area contributed by atoms with Crippen LogP contribution in [-0.2, 0) is 33.3 Å². The number of unbranched alkanes of at least 4 members (excludes halogenated alkanes) is 10. The average Bonchev–Trinajstić information content (AvgIpc) is 3.34. The van der Waals surface area contributed by atoms with Crippen molar-refractivity contribution in [1.82, 2.24) is 0 Å². The van der Waals surface area contributed by atoms with Crippen LogP contribution >= 0.6 is 0 Å². The van der Waals surface area contributed by atoms with E-state index in [0.29, 0.717) is 12.8 Å². The Morgan fingerprint density at radius 1 is 0.729 bits per heavy atom. The molecule has 15 nitrogen and oxygen atoms in total. The molecular weight excluding hydrogens is 636 g/mol. The molecule has 15 heteroatoms. The number of aliphatic hydroxyl groups excluding tert-OH is 7. The van der Waals surface area contributed by atoms with E-state index in [0.717, 1.165) is 70.6 Å². The molecule has 8 N–H and O–H groups in total. The maximum atomic E-state index is 11.6. The topological polar surface area (TPSA) is 242 Å². The maximum absolute atomic E-state index is 11.6. The molecule has 278 valence electrons. The molecule has 0 aromatic carbocycles. The van der Waals surface area contributed by atoms with Gasteiger partial charge in [0.15, 0.2) is 12.6 Å². The second kappa shape index (κ2) is 20.2. The fourth-order valence-corrected chi connectivity index (χ4v) is 6.49. The molecule has 3 heterocycles. The Labute approximate surface area is 281 Å². The van der Waals surface area contributed by atoms with Crippen molar-refractivity contribution in [3.63, 3.8) is 0 Å². The van der Waals surface area contributed by atoms with E-state index in [1.807, 2.05) is 6.92 Å². The summed E-state index contributed by atoms with van der Waals surface area (Å²) in [5, 5.41) is 80.4. The summed E-state index contributed by atoms with van der Waals surface area (Å²) in [4.78, 5) is 23.0. The van der Waals surface area contributed by atoms with Crippen molar-refractivity contribution in [3.05, 3.63) is 12.2 Å². The Morgan fingerprint density at radius 2 is 1.25 bits per heavy atom. The number of ether oxygens (including phenoxy) is 5. The van der Waals surface area contributed by atoms with Crippen LogP contribution in [0.2, 0.25) is 0 Å². The summed E-state index contributed by atoms with van der Waals surface area (Å²) in [5.74, 6) is -2.61. The van der Waals surface area contributed by atoms with Crippen LogP contribution in [0.15, 0.2) is 12.2 Å². The molecule has 3 rings (SSSR count). The number of carbonyl (C=O) groups is 2. The van der Waals surface area contributed by atoms with E-state index in [9.17, 15) is 50.4 Å². The fraction of sp³-hybridized carbons (Fsp3) is 0.879. The van der Waals surface area contributed by atoms with Gasteiger partial charge in [-0.25, -0.2) is 4.79 Å². The van der Waals surface area contributed by atoms with Crippen LogP contribution in [0.4, 0.5) is 0 Å². The minimum atomic E-state index is -1.74. The maximum Gasteiger partial charge on any atom is 0.334 e. The van der Waals surface area contributed by atoms with Crippen LogP contribution in [0.3, 0.4) is 0 Å². The van der Waals surface area contributed by atoms with Gasteiger partial charge < -0.3 is 64.5 Å².